The highest BCUT2D eigenvalue weighted by Crippen LogP contribution is 2.54. The molecule has 0 radical (unpaired) electrons. The summed E-state index contributed by atoms with van der Waals surface area (Å²) in [6.07, 6.45) is -0.446. The van der Waals surface area contributed by atoms with E-state index >= 15 is 0 Å². The first-order chi connectivity index (χ1) is 15.2. The van der Waals surface area contributed by atoms with Crippen molar-refractivity contribution in [1.82, 2.24) is 5.32 Å². The second-order valence-electron chi connectivity index (χ2n) is 8.85. The highest BCUT2D eigenvalue weighted by molar-refractivity contribution is 5.95. The summed E-state index contributed by atoms with van der Waals surface area (Å²) in [6.45, 7) is 3.47. The van der Waals surface area contributed by atoms with Gasteiger partial charge in [-0.05, 0) is 65.4 Å². The lowest BCUT2D eigenvalue weighted by Gasteiger charge is -2.20. The number of benzene rings is 3. The number of nitrogens with two attached hydrogens (primary N) is 1. The van der Waals surface area contributed by atoms with E-state index in [2.05, 4.69) is 5.32 Å². The Morgan fingerprint density at radius 3 is 2.22 bits per heavy atom. The second kappa shape index (κ2) is 7.28. The molecule has 5 rings (SSSR count). The van der Waals surface area contributed by atoms with Crippen LogP contribution in [0.3, 0.4) is 0 Å². The summed E-state index contributed by atoms with van der Waals surface area (Å²) in [5.74, 6) is -0.163. The summed E-state index contributed by atoms with van der Waals surface area (Å²) in [7, 11) is 0. The molecule has 2 atom stereocenters. The summed E-state index contributed by atoms with van der Waals surface area (Å²) in [6, 6.07) is 18.5. The molecule has 2 bridgehead atoms. The van der Waals surface area contributed by atoms with E-state index in [0.29, 0.717) is 23.2 Å². The van der Waals surface area contributed by atoms with Crippen molar-refractivity contribution in [1.29, 1.82) is 5.41 Å². The quantitative estimate of drug-likeness (QED) is 0.408. The van der Waals surface area contributed by atoms with E-state index < -0.39 is 5.67 Å². The molecule has 0 aliphatic carbocycles. The van der Waals surface area contributed by atoms with Crippen molar-refractivity contribution in [3.05, 3.63) is 105 Å². The van der Waals surface area contributed by atoms with Crippen molar-refractivity contribution in [2.24, 2.45) is 5.73 Å². The second-order valence-corrected chi connectivity index (χ2v) is 8.85. The van der Waals surface area contributed by atoms with Gasteiger partial charge >= 0.3 is 0 Å². The largest absolute Gasteiger partial charge is 0.384 e. The molecule has 2 aliphatic rings. The van der Waals surface area contributed by atoms with Gasteiger partial charge in [0.2, 0.25) is 0 Å². The summed E-state index contributed by atoms with van der Waals surface area (Å²) >= 11 is 0. The molecule has 32 heavy (non-hydrogen) atoms. The van der Waals surface area contributed by atoms with Gasteiger partial charge in [-0.2, -0.15) is 0 Å². The fourth-order valence-electron chi connectivity index (χ4n) is 4.44. The van der Waals surface area contributed by atoms with Crippen LogP contribution in [-0.2, 0) is 17.0 Å². The van der Waals surface area contributed by atoms with Gasteiger partial charge in [0, 0.05) is 17.7 Å². The number of amides is 1. The number of hydrogen-bond acceptors (Lipinski definition) is 3. The summed E-state index contributed by atoms with van der Waals surface area (Å²) in [5.41, 5.74) is 10.9. The molecular formula is C26H24FN3O2. The van der Waals surface area contributed by atoms with Gasteiger partial charge in [0.25, 0.3) is 5.91 Å². The number of nitrogens with one attached hydrogen (secondary N) is 2. The third-order valence-electron chi connectivity index (χ3n) is 6.24. The van der Waals surface area contributed by atoms with E-state index in [4.69, 9.17) is 15.9 Å². The van der Waals surface area contributed by atoms with Gasteiger partial charge in [0.15, 0.2) is 0 Å². The number of carbonyl (C=O) groups is 1. The zero-order valence-corrected chi connectivity index (χ0v) is 17.9. The fourth-order valence-corrected chi connectivity index (χ4v) is 4.44. The van der Waals surface area contributed by atoms with Crippen LogP contribution >= 0.6 is 0 Å². The minimum absolute atomic E-state index is 0.0130. The molecule has 3 aromatic rings. The Morgan fingerprint density at radius 2 is 1.56 bits per heavy atom. The van der Waals surface area contributed by atoms with E-state index in [1.54, 1.807) is 26.0 Å². The lowest BCUT2D eigenvalue weighted by atomic mass is 9.83. The van der Waals surface area contributed by atoms with Crippen LogP contribution < -0.4 is 11.1 Å². The van der Waals surface area contributed by atoms with Gasteiger partial charge in [-0.3, -0.25) is 10.2 Å². The Labute approximate surface area is 185 Å². The van der Waals surface area contributed by atoms with Gasteiger partial charge in [0.1, 0.15) is 23.7 Å². The summed E-state index contributed by atoms with van der Waals surface area (Å²) < 4.78 is 20.7. The molecule has 2 heterocycles. The minimum atomic E-state index is -1.43. The molecule has 0 fully saturated rings. The molecule has 0 spiro atoms. The number of alkyl halides is 1. The van der Waals surface area contributed by atoms with Crippen molar-refractivity contribution in [3.8, 4) is 0 Å². The van der Waals surface area contributed by atoms with Crippen molar-refractivity contribution < 1.29 is 13.9 Å². The Morgan fingerprint density at radius 1 is 0.969 bits per heavy atom. The highest BCUT2D eigenvalue weighted by Gasteiger charge is 2.43. The van der Waals surface area contributed by atoms with Gasteiger partial charge < -0.3 is 15.8 Å². The standard InChI is InChI=1S/C26H24FN3O2/c1-26(2,27)17-8-10-19-21(12-17)23-20-11-16(7-9-18(20)22(19)32-23)25(31)30-13-14-3-5-15(6-4-14)24(28)29/h3-12,22-23H,13H2,1-2H3,(H3,28,29)(H,30,31)/t22-,23+/m1/s1. The number of amidine groups is 1. The number of carbonyl (C=O) groups excluding carboxylic acids is 1. The molecule has 162 valence electrons. The Balaban J connectivity index is 1.35. The fraction of sp³-hybridized carbons (Fsp3) is 0.231. The van der Waals surface area contributed by atoms with Gasteiger partial charge in [-0.1, -0.05) is 42.5 Å². The van der Waals surface area contributed by atoms with Gasteiger partial charge in [-0.15, -0.1) is 0 Å². The molecule has 0 unspecified atom stereocenters. The third-order valence-corrected chi connectivity index (χ3v) is 6.24. The van der Waals surface area contributed by atoms with Crippen LogP contribution in [0, 0.1) is 5.41 Å². The van der Waals surface area contributed by atoms with Crippen LogP contribution in [0.5, 0.6) is 0 Å². The molecule has 3 aromatic carbocycles. The summed E-state index contributed by atoms with van der Waals surface area (Å²) in [4.78, 5) is 12.8. The molecular weight excluding hydrogens is 405 g/mol. The van der Waals surface area contributed by atoms with E-state index in [0.717, 1.165) is 27.8 Å². The van der Waals surface area contributed by atoms with Crippen molar-refractivity contribution >= 4 is 11.7 Å². The Hall–Kier alpha value is -3.51. The molecule has 0 saturated heterocycles. The van der Waals surface area contributed by atoms with Crippen LogP contribution in [-0.4, -0.2) is 11.7 Å². The first kappa shape index (κ1) is 20.4. The number of halogens is 1. The monoisotopic (exact) mass is 429 g/mol. The van der Waals surface area contributed by atoms with Crippen molar-refractivity contribution in [2.45, 2.75) is 38.3 Å². The zero-order valence-electron chi connectivity index (χ0n) is 17.9. The van der Waals surface area contributed by atoms with E-state index in [9.17, 15) is 9.18 Å². The average Bonchev–Trinajstić information content (AvgIpc) is 3.34. The molecule has 6 heteroatoms. The Kier molecular flexibility index (Phi) is 4.64. The molecule has 1 amide bonds. The molecule has 2 aliphatic heterocycles. The number of fused-ring (bicyclic) bond motifs is 8. The molecule has 4 N–H and O–H groups in total. The maximum atomic E-state index is 14.5. The smallest absolute Gasteiger partial charge is 0.251 e. The van der Waals surface area contributed by atoms with E-state index in [-0.39, 0.29) is 24.0 Å². The van der Waals surface area contributed by atoms with Crippen LogP contribution in [0.4, 0.5) is 4.39 Å². The number of hydrogen-bond donors (Lipinski definition) is 3. The van der Waals surface area contributed by atoms with Crippen LogP contribution in [0.1, 0.15) is 75.4 Å². The van der Waals surface area contributed by atoms with Gasteiger partial charge in [0.05, 0.1) is 0 Å². The topological polar surface area (TPSA) is 88.2 Å². The van der Waals surface area contributed by atoms with E-state index in [1.807, 2.05) is 48.5 Å². The highest BCUT2D eigenvalue weighted by atomic mass is 19.1. The number of ether oxygens (including phenoxy) is 1. The van der Waals surface area contributed by atoms with Crippen LogP contribution in [0.15, 0.2) is 60.7 Å². The maximum absolute atomic E-state index is 14.5. The maximum Gasteiger partial charge on any atom is 0.251 e. The average molecular weight is 429 g/mol. The predicted molar refractivity (Wildman–Crippen MR) is 120 cm³/mol. The summed E-state index contributed by atoms with van der Waals surface area (Å²) in [5, 5.41) is 10.4. The lowest BCUT2D eigenvalue weighted by molar-refractivity contribution is 0.0856. The predicted octanol–water partition coefficient (Wildman–Crippen LogP) is 4.63. The van der Waals surface area contributed by atoms with Gasteiger partial charge in [-0.25, -0.2) is 4.39 Å². The Bertz CT molecular complexity index is 1240. The SMILES string of the molecule is CC(C)(F)c1ccc2c(c1)[C@H]1O[C@@H]2c2ccc(C(=O)NCc3ccc(C(=N)N)cc3)cc21. The number of nitrogen functional groups attached to an aromatic ring is 1. The molecule has 0 saturated carbocycles. The first-order valence-corrected chi connectivity index (χ1v) is 10.6. The number of rotatable bonds is 5. The third kappa shape index (κ3) is 3.37. The van der Waals surface area contributed by atoms with Crippen LogP contribution in [0.2, 0.25) is 0 Å². The van der Waals surface area contributed by atoms with Crippen molar-refractivity contribution in [2.75, 3.05) is 0 Å². The van der Waals surface area contributed by atoms with E-state index in [1.165, 1.54) is 0 Å². The molecule has 5 nitrogen and oxygen atoms in total. The molecule has 0 aromatic heterocycles. The first-order valence-electron chi connectivity index (χ1n) is 10.6. The lowest BCUT2D eigenvalue weighted by Crippen LogP contribution is -2.23. The zero-order chi connectivity index (χ0) is 22.6. The minimum Gasteiger partial charge on any atom is -0.384 e. The van der Waals surface area contributed by atoms with Crippen molar-refractivity contribution in [3.63, 3.8) is 0 Å². The normalized spacial score (nSPS) is 18.2. The van der Waals surface area contributed by atoms with Crippen LogP contribution in [0.25, 0.3) is 0 Å².